The first kappa shape index (κ1) is 17.6. The van der Waals surface area contributed by atoms with Gasteiger partial charge in [-0.2, -0.15) is 0 Å². The van der Waals surface area contributed by atoms with Crippen LogP contribution in [0.2, 0.25) is 0 Å². The van der Waals surface area contributed by atoms with Crippen molar-refractivity contribution in [2.24, 2.45) is 5.73 Å². The molecule has 1 atom stereocenters. The highest BCUT2D eigenvalue weighted by Gasteiger charge is 2.28. The fourth-order valence-electron chi connectivity index (χ4n) is 3.22. The minimum atomic E-state index is -0.383. The van der Waals surface area contributed by atoms with Crippen LogP contribution in [0, 0.1) is 10.1 Å². The minimum absolute atomic E-state index is 0.00298. The van der Waals surface area contributed by atoms with Gasteiger partial charge in [0, 0.05) is 30.1 Å². The number of halogens is 2. The third-order valence-corrected chi connectivity index (χ3v) is 6.22. The number of rotatable bonds is 4. The first-order valence-electron chi connectivity index (χ1n) is 7.97. The summed E-state index contributed by atoms with van der Waals surface area (Å²) in [5.74, 6) is 0.773. The predicted molar refractivity (Wildman–Crippen MR) is 102 cm³/mol. The first-order valence-corrected chi connectivity index (χ1v) is 9.55. The van der Waals surface area contributed by atoms with Gasteiger partial charge in [0.25, 0.3) is 0 Å². The van der Waals surface area contributed by atoms with Crippen LogP contribution < -0.4 is 10.6 Å². The Morgan fingerprint density at radius 3 is 2.88 bits per heavy atom. The van der Waals surface area contributed by atoms with E-state index in [9.17, 15) is 10.1 Å². The number of imidazole rings is 1. The third-order valence-electron chi connectivity index (χ3n) is 4.26. The molecule has 1 saturated heterocycles. The number of nitro benzene ring substituents is 1. The largest absolute Gasteiger partial charge is 0.341 e. The fourth-order valence-corrected chi connectivity index (χ4v) is 4.07. The van der Waals surface area contributed by atoms with E-state index in [0.29, 0.717) is 14.5 Å². The van der Waals surface area contributed by atoms with Gasteiger partial charge < -0.3 is 15.2 Å². The number of nitrogens with zero attached hydrogens (tertiary/aromatic N) is 4. The maximum Gasteiger partial charge on any atom is 0.312 e. The number of aryl methyl sites for hydroxylation is 1. The lowest BCUT2D eigenvalue weighted by Gasteiger charge is -2.31. The van der Waals surface area contributed by atoms with Gasteiger partial charge in [-0.1, -0.05) is 6.92 Å². The van der Waals surface area contributed by atoms with E-state index in [0.717, 1.165) is 50.4 Å². The van der Waals surface area contributed by atoms with E-state index in [-0.39, 0.29) is 16.7 Å². The Hall–Kier alpha value is -1.19. The molecule has 7 nitrogen and oxygen atoms in total. The summed E-state index contributed by atoms with van der Waals surface area (Å²) < 4.78 is 3.14. The maximum absolute atomic E-state index is 11.6. The lowest BCUT2D eigenvalue weighted by atomic mass is 10.1. The van der Waals surface area contributed by atoms with Crippen LogP contribution in [-0.2, 0) is 6.54 Å². The van der Waals surface area contributed by atoms with Crippen molar-refractivity contribution in [3.8, 4) is 0 Å². The zero-order valence-electron chi connectivity index (χ0n) is 13.3. The van der Waals surface area contributed by atoms with Crippen molar-refractivity contribution in [2.75, 3.05) is 18.0 Å². The van der Waals surface area contributed by atoms with E-state index in [2.05, 4.69) is 53.2 Å². The van der Waals surface area contributed by atoms with Crippen molar-refractivity contribution in [2.45, 2.75) is 38.8 Å². The predicted octanol–water partition coefficient (Wildman–Crippen LogP) is 3.81. The van der Waals surface area contributed by atoms with Crippen LogP contribution in [0.4, 0.5) is 11.6 Å². The molecule has 0 amide bonds. The Morgan fingerprint density at radius 2 is 2.25 bits per heavy atom. The minimum Gasteiger partial charge on any atom is -0.341 e. The van der Waals surface area contributed by atoms with Gasteiger partial charge in [-0.25, -0.2) is 4.98 Å². The molecule has 1 fully saturated rings. The van der Waals surface area contributed by atoms with E-state index in [4.69, 9.17) is 5.73 Å². The Kier molecular flexibility index (Phi) is 5.12. The van der Waals surface area contributed by atoms with Crippen molar-refractivity contribution in [3.63, 3.8) is 0 Å². The summed E-state index contributed by atoms with van der Waals surface area (Å²) in [5.41, 5.74) is 7.29. The summed E-state index contributed by atoms with van der Waals surface area (Å²) in [6.45, 7) is 4.43. The van der Waals surface area contributed by atoms with Gasteiger partial charge in [0.2, 0.25) is 5.95 Å². The van der Waals surface area contributed by atoms with Crippen molar-refractivity contribution < 1.29 is 4.92 Å². The SMILES string of the molecule is CCCn1c(N2CCCC(N)C2)nc2c([N+](=O)[O-])c(Br)c(Br)cc21. The van der Waals surface area contributed by atoms with Gasteiger partial charge in [0.1, 0.15) is 4.47 Å². The van der Waals surface area contributed by atoms with Crippen molar-refractivity contribution in [1.29, 1.82) is 0 Å². The summed E-state index contributed by atoms with van der Waals surface area (Å²) in [5, 5.41) is 11.6. The molecule has 1 aromatic carbocycles. The van der Waals surface area contributed by atoms with Gasteiger partial charge in [-0.15, -0.1) is 0 Å². The molecule has 1 aliphatic heterocycles. The van der Waals surface area contributed by atoms with E-state index in [1.807, 2.05) is 6.07 Å². The third kappa shape index (κ3) is 3.04. The maximum atomic E-state index is 11.6. The zero-order valence-corrected chi connectivity index (χ0v) is 16.5. The van der Waals surface area contributed by atoms with Gasteiger partial charge in [-0.3, -0.25) is 10.1 Å². The molecular formula is C15H19Br2N5O2. The molecule has 0 saturated carbocycles. The van der Waals surface area contributed by atoms with Crippen LogP contribution in [0.5, 0.6) is 0 Å². The van der Waals surface area contributed by atoms with Crippen LogP contribution in [0.25, 0.3) is 11.0 Å². The number of anilines is 1. The van der Waals surface area contributed by atoms with Gasteiger partial charge in [-0.05, 0) is 57.2 Å². The normalized spacial score (nSPS) is 18.3. The highest BCUT2D eigenvalue weighted by molar-refractivity contribution is 9.13. The summed E-state index contributed by atoms with van der Waals surface area (Å²) in [6, 6.07) is 2.00. The van der Waals surface area contributed by atoms with Gasteiger partial charge in [0.15, 0.2) is 5.52 Å². The molecule has 2 N–H and O–H groups in total. The van der Waals surface area contributed by atoms with Crippen molar-refractivity contribution in [1.82, 2.24) is 9.55 Å². The average molecular weight is 461 g/mol. The number of nitro groups is 1. The molecule has 2 heterocycles. The number of nitrogens with two attached hydrogens (primary N) is 1. The molecule has 130 valence electrons. The molecule has 0 bridgehead atoms. The molecule has 1 aromatic heterocycles. The Bertz CT molecular complexity index is 792. The zero-order chi connectivity index (χ0) is 17.4. The quantitative estimate of drug-likeness (QED) is 0.553. The fraction of sp³-hybridized carbons (Fsp3) is 0.533. The number of piperidine rings is 1. The lowest BCUT2D eigenvalue weighted by Crippen LogP contribution is -2.44. The molecule has 1 aliphatic rings. The van der Waals surface area contributed by atoms with Crippen molar-refractivity contribution >= 4 is 54.5 Å². The van der Waals surface area contributed by atoms with E-state index in [1.54, 1.807) is 0 Å². The lowest BCUT2D eigenvalue weighted by molar-refractivity contribution is -0.384. The molecule has 2 aromatic rings. The monoisotopic (exact) mass is 459 g/mol. The summed E-state index contributed by atoms with van der Waals surface area (Å²) >= 11 is 6.72. The van der Waals surface area contributed by atoms with Crippen molar-refractivity contribution in [3.05, 3.63) is 25.1 Å². The second kappa shape index (κ2) is 6.97. The van der Waals surface area contributed by atoms with Crippen LogP contribution in [0.3, 0.4) is 0 Å². The average Bonchev–Trinajstić information content (AvgIpc) is 2.86. The molecule has 0 radical (unpaired) electrons. The second-order valence-electron chi connectivity index (χ2n) is 6.06. The molecule has 1 unspecified atom stereocenters. The number of hydrogen-bond donors (Lipinski definition) is 1. The Morgan fingerprint density at radius 1 is 1.50 bits per heavy atom. The Labute approximate surface area is 156 Å². The van der Waals surface area contributed by atoms with Crippen LogP contribution in [-0.4, -0.2) is 33.6 Å². The van der Waals surface area contributed by atoms with Crippen LogP contribution in [0.15, 0.2) is 15.0 Å². The highest BCUT2D eigenvalue weighted by atomic mass is 79.9. The molecule has 9 heteroatoms. The summed E-state index contributed by atoms with van der Waals surface area (Å²) in [4.78, 5) is 18.0. The number of hydrogen-bond acceptors (Lipinski definition) is 5. The molecule has 0 spiro atoms. The second-order valence-corrected chi connectivity index (χ2v) is 7.70. The standard InChI is InChI=1S/C15H19Br2N5O2/c1-2-5-21-11-7-10(16)12(17)14(22(23)24)13(11)19-15(21)20-6-3-4-9(18)8-20/h7,9H,2-6,8,18H2,1H3. The first-order chi connectivity index (χ1) is 11.4. The summed E-state index contributed by atoms with van der Waals surface area (Å²) in [6.07, 6.45) is 2.92. The topological polar surface area (TPSA) is 90.2 Å². The number of aromatic nitrogens is 2. The van der Waals surface area contributed by atoms with E-state index >= 15 is 0 Å². The molecular weight excluding hydrogens is 442 g/mol. The van der Waals surface area contributed by atoms with Crippen LogP contribution in [0.1, 0.15) is 26.2 Å². The van der Waals surface area contributed by atoms with Gasteiger partial charge in [0.05, 0.1) is 10.4 Å². The highest BCUT2D eigenvalue weighted by Crippen LogP contribution is 2.40. The van der Waals surface area contributed by atoms with E-state index < -0.39 is 0 Å². The van der Waals surface area contributed by atoms with Gasteiger partial charge >= 0.3 is 5.69 Å². The Balaban J connectivity index is 2.24. The van der Waals surface area contributed by atoms with Crippen LogP contribution >= 0.6 is 31.9 Å². The number of fused-ring (bicyclic) bond motifs is 1. The smallest absolute Gasteiger partial charge is 0.312 e. The summed E-state index contributed by atoms with van der Waals surface area (Å²) in [7, 11) is 0. The number of benzene rings is 1. The van der Waals surface area contributed by atoms with E-state index in [1.165, 1.54) is 0 Å². The molecule has 0 aliphatic carbocycles. The molecule has 24 heavy (non-hydrogen) atoms. The molecule has 3 rings (SSSR count).